The lowest BCUT2D eigenvalue weighted by molar-refractivity contribution is -0.120. The molecule has 1 aromatic carbocycles. The van der Waals surface area contributed by atoms with Crippen molar-refractivity contribution in [3.05, 3.63) is 53.4 Å². The van der Waals surface area contributed by atoms with Crippen molar-refractivity contribution < 1.29 is 14.3 Å². The number of hydrogen-bond donors (Lipinski definition) is 2. The van der Waals surface area contributed by atoms with Gasteiger partial charge in [-0.3, -0.25) is 14.3 Å². The molecule has 0 aliphatic carbocycles. The predicted octanol–water partition coefficient (Wildman–Crippen LogP) is 1.58. The minimum Gasteiger partial charge on any atom is -0.484 e. The molecule has 0 fully saturated rings. The topological polar surface area (TPSA) is 99.2 Å². The fourth-order valence-corrected chi connectivity index (χ4v) is 2.40. The molecule has 2 amide bonds. The van der Waals surface area contributed by atoms with Crippen LogP contribution in [0.4, 0.5) is 0 Å². The molecule has 7 heteroatoms. The average molecular weight is 356 g/mol. The molecule has 0 saturated carbocycles. The van der Waals surface area contributed by atoms with Crippen LogP contribution in [0.3, 0.4) is 0 Å². The van der Waals surface area contributed by atoms with Crippen LogP contribution in [-0.2, 0) is 16.1 Å². The highest BCUT2D eigenvalue weighted by molar-refractivity contribution is 5.91. The molecule has 0 atom stereocenters. The van der Waals surface area contributed by atoms with Crippen molar-refractivity contribution in [2.24, 2.45) is 5.73 Å². The quantitative estimate of drug-likeness (QED) is 0.526. The van der Waals surface area contributed by atoms with E-state index in [1.54, 1.807) is 30.3 Å². The molecule has 2 rings (SSSR count). The molecular weight excluding hydrogens is 332 g/mol. The third-order valence-corrected chi connectivity index (χ3v) is 3.64. The highest BCUT2D eigenvalue weighted by atomic mass is 16.5. The van der Waals surface area contributed by atoms with Crippen molar-refractivity contribution in [2.45, 2.75) is 26.8 Å². The lowest BCUT2D eigenvalue weighted by Gasteiger charge is -2.05. The summed E-state index contributed by atoms with van der Waals surface area (Å²) in [4.78, 5) is 22.5. The molecule has 0 saturated heterocycles. The molecule has 26 heavy (non-hydrogen) atoms. The maximum Gasteiger partial charge on any atom is 0.255 e. The number of rotatable bonds is 9. The summed E-state index contributed by atoms with van der Waals surface area (Å²) in [6.45, 7) is 5.19. The van der Waals surface area contributed by atoms with Gasteiger partial charge < -0.3 is 15.8 Å². The van der Waals surface area contributed by atoms with Crippen molar-refractivity contribution in [1.29, 1.82) is 0 Å². The first-order chi connectivity index (χ1) is 12.4. The Bertz CT molecular complexity index is 779. The van der Waals surface area contributed by atoms with Crippen LogP contribution in [0, 0.1) is 13.8 Å². The molecule has 0 aliphatic rings. The van der Waals surface area contributed by atoms with Gasteiger partial charge in [-0.1, -0.05) is 12.1 Å². The van der Waals surface area contributed by atoms with Crippen LogP contribution < -0.4 is 15.8 Å². The van der Waals surface area contributed by atoms with E-state index in [9.17, 15) is 9.59 Å². The van der Waals surface area contributed by atoms with Gasteiger partial charge in [0.15, 0.2) is 6.61 Å². The summed E-state index contributed by atoms with van der Waals surface area (Å²) in [5.74, 6) is -0.120. The molecule has 0 aliphatic heterocycles. The lowest BCUT2D eigenvalue weighted by Crippen LogP contribution is -2.23. The second kappa shape index (κ2) is 9.41. The Morgan fingerprint density at radius 2 is 2.00 bits per heavy atom. The van der Waals surface area contributed by atoms with Gasteiger partial charge in [-0.2, -0.15) is 5.10 Å². The fraction of sp³-hybridized carbons (Fsp3) is 0.316. The van der Waals surface area contributed by atoms with E-state index in [0.717, 1.165) is 29.9 Å². The first kappa shape index (κ1) is 19.2. The summed E-state index contributed by atoms with van der Waals surface area (Å²) in [5.41, 5.74) is 8.00. The fourth-order valence-electron chi connectivity index (χ4n) is 2.40. The Labute approximate surface area is 152 Å². The molecule has 3 N–H and O–H groups in total. The van der Waals surface area contributed by atoms with E-state index in [-0.39, 0.29) is 12.5 Å². The van der Waals surface area contributed by atoms with E-state index in [2.05, 4.69) is 10.4 Å². The summed E-state index contributed by atoms with van der Waals surface area (Å²) >= 11 is 0. The number of aryl methyl sites for hydroxylation is 3. The molecule has 1 heterocycles. The number of aromatic nitrogens is 2. The maximum atomic E-state index is 11.8. The number of ether oxygens (including phenoxy) is 1. The molecule has 0 bridgehead atoms. The molecule has 138 valence electrons. The Hall–Kier alpha value is -3.09. The number of carbonyl (C=O) groups is 2. The van der Waals surface area contributed by atoms with Crippen molar-refractivity contribution in [1.82, 2.24) is 15.1 Å². The summed E-state index contributed by atoms with van der Waals surface area (Å²) in [5, 5.41) is 7.24. The van der Waals surface area contributed by atoms with E-state index in [1.165, 1.54) is 6.08 Å². The molecule has 2 aromatic rings. The molecule has 7 nitrogen and oxygen atoms in total. The van der Waals surface area contributed by atoms with Crippen LogP contribution in [0.2, 0.25) is 0 Å². The number of nitrogens with zero attached hydrogens (tertiary/aromatic N) is 2. The standard InChI is InChI=1S/C19H24N4O3/c1-14-12-15(2)23(22-14)11-3-10-21-19(25)9-6-16-4-7-17(8-5-16)26-13-18(20)24/h4-9,12H,3,10-11,13H2,1-2H3,(H2,20,24)(H,21,25)/b9-6+. The average Bonchev–Trinajstić information content (AvgIpc) is 2.93. The summed E-state index contributed by atoms with van der Waals surface area (Å²) < 4.78 is 7.12. The second-order valence-electron chi connectivity index (χ2n) is 5.95. The van der Waals surface area contributed by atoms with Crippen molar-refractivity contribution in [3.63, 3.8) is 0 Å². The SMILES string of the molecule is Cc1cc(C)n(CCCNC(=O)/C=C/c2ccc(OCC(N)=O)cc2)n1. The zero-order valence-corrected chi connectivity index (χ0v) is 15.1. The monoisotopic (exact) mass is 356 g/mol. The molecule has 1 aromatic heterocycles. The molecule has 0 spiro atoms. The molecular formula is C19H24N4O3. The van der Waals surface area contributed by atoms with Gasteiger partial charge in [-0.05, 0) is 50.1 Å². The first-order valence-electron chi connectivity index (χ1n) is 8.42. The number of benzene rings is 1. The van der Waals surface area contributed by atoms with Gasteiger partial charge >= 0.3 is 0 Å². The van der Waals surface area contributed by atoms with E-state index in [1.807, 2.05) is 24.6 Å². The van der Waals surface area contributed by atoms with Crippen molar-refractivity contribution >= 4 is 17.9 Å². The second-order valence-corrected chi connectivity index (χ2v) is 5.95. The zero-order valence-electron chi connectivity index (χ0n) is 15.1. The number of nitrogens with two attached hydrogens (primary N) is 1. The first-order valence-corrected chi connectivity index (χ1v) is 8.42. The predicted molar refractivity (Wildman–Crippen MR) is 99.5 cm³/mol. The zero-order chi connectivity index (χ0) is 18.9. The summed E-state index contributed by atoms with van der Waals surface area (Å²) in [6.07, 6.45) is 4.02. The van der Waals surface area contributed by atoms with Gasteiger partial charge in [0.1, 0.15) is 5.75 Å². The Kier molecular flexibility index (Phi) is 6.96. The largest absolute Gasteiger partial charge is 0.484 e. The van der Waals surface area contributed by atoms with E-state index < -0.39 is 5.91 Å². The third kappa shape index (κ3) is 6.43. The van der Waals surface area contributed by atoms with Gasteiger partial charge in [-0.15, -0.1) is 0 Å². The third-order valence-electron chi connectivity index (χ3n) is 3.64. The number of carbonyl (C=O) groups excluding carboxylic acids is 2. The van der Waals surface area contributed by atoms with Crippen molar-refractivity contribution in [3.8, 4) is 5.75 Å². The summed E-state index contributed by atoms with van der Waals surface area (Å²) in [6, 6.07) is 9.06. The van der Waals surface area contributed by atoms with Gasteiger partial charge in [0.05, 0.1) is 5.69 Å². The van der Waals surface area contributed by atoms with E-state index in [4.69, 9.17) is 10.5 Å². The number of hydrogen-bond acceptors (Lipinski definition) is 4. The number of primary amides is 1. The molecule has 0 unspecified atom stereocenters. The van der Waals surface area contributed by atoms with Gasteiger partial charge in [0.2, 0.25) is 5.91 Å². The van der Waals surface area contributed by atoms with Crippen LogP contribution in [0.5, 0.6) is 5.75 Å². The smallest absolute Gasteiger partial charge is 0.255 e. The van der Waals surface area contributed by atoms with Crippen LogP contribution in [0.15, 0.2) is 36.4 Å². The maximum absolute atomic E-state index is 11.8. The van der Waals surface area contributed by atoms with E-state index in [0.29, 0.717) is 12.3 Å². The lowest BCUT2D eigenvalue weighted by atomic mass is 10.2. The minimum absolute atomic E-state index is 0.146. The highest BCUT2D eigenvalue weighted by Gasteiger charge is 2.01. The number of nitrogens with one attached hydrogen (secondary N) is 1. The van der Waals surface area contributed by atoms with Gasteiger partial charge in [0, 0.05) is 24.9 Å². The van der Waals surface area contributed by atoms with Crippen LogP contribution in [0.25, 0.3) is 6.08 Å². The summed E-state index contributed by atoms with van der Waals surface area (Å²) in [7, 11) is 0. The van der Waals surface area contributed by atoms with Crippen LogP contribution >= 0.6 is 0 Å². The van der Waals surface area contributed by atoms with Gasteiger partial charge in [-0.25, -0.2) is 0 Å². The van der Waals surface area contributed by atoms with Gasteiger partial charge in [0.25, 0.3) is 5.91 Å². The highest BCUT2D eigenvalue weighted by Crippen LogP contribution is 2.13. The van der Waals surface area contributed by atoms with Crippen molar-refractivity contribution in [2.75, 3.05) is 13.2 Å². The Morgan fingerprint density at radius 1 is 1.27 bits per heavy atom. The van der Waals surface area contributed by atoms with Crippen LogP contribution in [0.1, 0.15) is 23.4 Å². The number of amides is 2. The molecule has 0 radical (unpaired) electrons. The Morgan fingerprint density at radius 3 is 2.62 bits per heavy atom. The van der Waals surface area contributed by atoms with Crippen LogP contribution in [-0.4, -0.2) is 34.7 Å². The van der Waals surface area contributed by atoms with E-state index >= 15 is 0 Å². The normalized spacial score (nSPS) is 10.8. The minimum atomic E-state index is -0.525. The Balaban J connectivity index is 1.71.